The number of rotatable bonds is 4. The maximum atomic E-state index is 11.3. The van der Waals surface area contributed by atoms with Crippen LogP contribution in [0.3, 0.4) is 0 Å². The topological polar surface area (TPSA) is 76.4 Å². The molecule has 0 atom stereocenters. The van der Waals surface area contributed by atoms with E-state index < -0.39 is 0 Å². The lowest BCUT2D eigenvalue weighted by Gasteiger charge is -2.41. The predicted octanol–water partition coefficient (Wildman–Crippen LogP) is 1.56. The molecular weight excluding hydrogens is 242 g/mol. The summed E-state index contributed by atoms with van der Waals surface area (Å²) in [7, 11) is 0. The second kappa shape index (κ2) is 4.74. The van der Waals surface area contributed by atoms with E-state index in [1.807, 2.05) is 18.2 Å². The summed E-state index contributed by atoms with van der Waals surface area (Å²) in [5.41, 5.74) is 7.83. The van der Waals surface area contributed by atoms with Crippen molar-refractivity contribution < 1.29 is 9.53 Å². The SMILES string of the molecule is NCC1(CNc2ccc3c(c2)NC(=O)CO3)CCC1. The molecule has 0 radical (unpaired) electrons. The van der Waals surface area contributed by atoms with Gasteiger partial charge in [-0.1, -0.05) is 6.42 Å². The zero-order valence-corrected chi connectivity index (χ0v) is 10.9. The lowest BCUT2D eigenvalue weighted by Crippen LogP contribution is -2.42. The summed E-state index contributed by atoms with van der Waals surface area (Å²) in [5.74, 6) is 0.615. The number of carbonyl (C=O) groups excluding carboxylic acids is 1. The van der Waals surface area contributed by atoms with Crippen molar-refractivity contribution >= 4 is 17.3 Å². The van der Waals surface area contributed by atoms with Gasteiger partial charge in [0.2, 0.25) is 0 Å². The Morgan fingerprint density at radius 1 is 1.42 bits per heavy atom. The third-order valence-corrected chi connectivity index (χ3v) is 4.13. The molecular formula is C14H19N3O2. The molecule has 102 valence electrons. The van der Waals surface area contributed by atoms with E-state index >= 15 is 0 Å². The molecule has 1 heterocycles. The number of benzene rings is 1. The fourth-order valence-electron chi connectivity index (χ4n) is 2.61. The molecule has 1 aliphatic heterocycles. The Kier molecular flexibility index (Phi) is 3.06. The Morgan fingerprint density at radius 2 is 2.26 bits per heavy atom. The first-order chi connectivity index (χ1) is 9.21. The van der Waals surface area contributed by atoms with Gasteiger partial charge in [0.15, 0.2) is 6.61 Å². The van der Waals surface area contributed by atoms with Crippen molar-refractivity contribution in [2.75, 3.05) is 30.3 Å². The van der Waals surface area contributed by atoms with Crippen LogP contribution in [0.4, 0.5) is 11.4 Å². The minimum absolute atomic E-state index is 0.0933. The van der Waals surface area contributed by atoms with Crippen LogP contribution in [0.5, 0.6) is 5.75 Å². The molecule has 5 nitrogen and oxygen atoms in total. The monoisotopic (exact) mass is 261 g/mol. The standard InChI is InChI=1S/C14H19N3O2/c15-8-14(4-1-5-14)9-16-10-2-3-12-11(6-10)17-13(18)7-19-12/h2-3,6,16H,1,4-5,7-9,15H2,(H,17,18). The number of carbonyl (C=O) groups is 1. The third-order valence-electron chi connectivity index (χ3n) is 4.13. The number of hydrogen-bond donors (Lipinski definition) is 3. The summed E-state index contributed by atoms with van der Waals surface area (Å²) in [6, 6.07) is 5.77. The Hall–Kier alpha value is -1.75. The van der Waals surface area contributed by atoms with Gasteiger partial charge in [0, 0.05) is 12.2 Å². The average Bonchev–Trinajstić information content (AvgIpc) is 2.37. The van der Waals surface area contributed by atoms with Gasteiger partial charge in [0.25, 0.3) is 5.91 Å². The molecule has 0 saturated heterocycles. The van der Waals surface area contributed by atoms with Crippen LogP contribution in [-0.2, 0) is 4.79 Å². The Morgan fingerprint density at radius 3 is 2.95 bits per heavy atom. The quantitative estimate of drug-likeness (QED) is 0.768. The summed E-state index contributed by atoms with van der Waals surface area (Å²) in [6.45, 7) is 1.71. The molecule has 2 aliphatic rings. The maximum Gasteiger partial charge on any atom is 0.262 e. The fraction of sp³-hybridized carbons (Fsp3) is 0.500. The van der Waals surface area contributed by atoms with Crippen molar-refractivity contribution in [2.24, 2.45) is 11.1 Å². The van der Waals surface area contributed by atoms with Crippen molar-refractivity contribution in [3.05, 3.63) is 18.2 Å². The second-order valence-electron chi connectivity index (χ2n) is 5.46. The van der Waals surface area contributed by atoms with Gasteiger partial charge in [0.1, 0.15) is 5.75 Å². The number of fused-ring (bicyclic) bond motifs is 1. The highest BCUT2D eigenvalue weighted by Crippen LogP contribution is 2.40. The minimum atomic E-state index is -0.109. The third kappa shape index (κ3) is 2.38. The van der Waals surface area contributed by atoms with Gasteiger partial charge < -0.3 is 21.1 Å². The second-order valence-corrected chi connectivity index (χ2v) is 5.46. The molecule has 1 aromatic carbocycles. The van der Waals surface area contributed by atoms with Crippen molar-refractivity contribution in [3.8, 4) is 5.75 Å². The number of nitrogens with two attached hydrogens (primary N) is 1. The normalized spacial score (nSPS) is 19.7. The van der Waals surface area contributed by atoms with Crippen LogP contribution in [0.25, 0.3) is 0 Å². The van der Waals surface area contributed by atoms with Crippen molar-refractivity contribution in [3.63, 3.8) is 0 Å². The van der Waals surface area contributed by atoms with Crippen molar-refractivity contribution in [1.29, 1.82) is 0 Å². The van der Waals surface area contributed by atoms with E-state index in [0.29, 0.717) is 0 Å². The van der Waals surface area contributed by atoms with Gasteiger partial charge in [0.05, 0.1) is 5.69 Å². The fourth-order valence-corrected chi connectivity index (χ4v) is 2.61. The minimum Gasteiger partial charge on any atom is -0.482 e. The number of hydrogen-bond acceptors (Lipinski definition) is 4. The zero-order valence-electron chi connectivity index (χ0n) is 10.9. The predicted molar refractivity (Wildman–Crippen MR) is 74.4 cm³/mol. The first kappa shape index (κ1) is 12.3. The van der Waals surface area contributed by atoms with Crippen LogP contribution in [0.15, 0.2) is 18.2 Å². The van der Waals surface area contributed by atoms with Crippen LogP contribution in [0, 0.1) is 5.41 Å². The van der Waals surface area contributed by atoms with E-state index in [1.165, 1.54) is 19.3 Å². The zero-order chi connectivity index (χ0) is 13.3. The summed E-state index contributed by atoms with van der Waals surface area (Å²) in [5, 5.41) is 6.23. The molecule has 0 unspecified atom stereocenters. The molecule has 3 rings (SSSR count). The van der Waals surface area contributed by atoms with Gasteiger partial charge in [-0.2, -0.15) is 0 Å². The molecule has 4 N–H and O–H groups in total. The molecule has 0 spiro atoms. The van der Waals surface area contributed by atoms with E-state index in [9.17, 15) is 4.79 Å². The van der Waals surface area contributed by atoms with Gasteiger partial charge in [-0.05, 0) is 43.0 Å². The van der Waals surface area contributed by atoms with E-state index in [-0.39, 0.29) is 17.9 Å². The molecule has 1 fully saturated rings. The Labute approximate surface area is 112 Å². The van der Waals surface area contributed by atoms with Gasteiger partial charge in [-0.25, -0.2) is 0 Å². The van der Waals surface area contributed by atoms with E-state index in [0.717, 1.165) is 30.2 Å². The highest BCUT2D eigenvalue weighted by Gasteiger charge is 2.35. The molecule has 5 heteroatoms. The molecule has 0 bridgehead atoms. The van der Waals surface area contributed by atoms with Crippen LogP contribution in [0.1, 0.15) is 19.3 Å². The summed E-state index contributed by atoms with van der Waals surface area (Å²) >= 11 is 0. The largest absolute Gasteiger partial charge is 0.482 e. The average molecular weight is 261 g/mol. The van der Waals surface area contributed by atoms with Crippen LogP contribution >= 0.6 is 0 Å². The first-order valence-electron chi connectivity index (χ1n) is 6.71. The molecule has 19 heavy (non-hydrogen) atoms. The van der Waals surface area contributed by atoms with Crippen molar-refractivity contribution in [2.45, 2.75) is 19.3 Å². The molecule has 1 amide bonds. The highest BCUT2D eigenvalue weighted by molar-refractivity contribution is 5.96. The van der Waals surface area contributed by atoms with Crippen molar-refractivity contribution in [1.82, 2.24) is 0 Å². The lowest BCUT2D eigenvalue weighted by atomic mass is 9.69. The summed E-state index contributed by atoms with van der Waals surface area (Å²) in [4.78, 5) is 11.3. The van der Waals surface area contributed by atoms with E-state index in [2.05, 4.69) is 10.6 Å². The Balaban J connectivity index is 1.68. The number of nitrogens with one attached hydrogen (secondary N) is 2. The Bertz CT molecular complexity index is 492. The van der Waals surface area contributed by atoms with Crippen LogP contribution in [-0.4, -0.2) is 25.6 Å². The number of ether oxygens (including phenoxy) is 1. The summed E-state index contributed by atoms with van der Waals surface area (Å²) in [6.07, 6.45) is 3.66. The first-order valence-corrected chi connectivity index (χ1v) is 6.71. The van der Waals surface area contributed by atoms with Crippen LogP contribution in [0.2, 0.25) is 0 Å². The lowest BCUT2D eigenvalue weighted by molar-refractivity contribution is -0.118. The van der Waals surface area contributed by atoms with E-state index in [4.69, 9.17) is 10.5 Å². The molecule has 1 aromatic rings. The molecule has 1 saturated carbocycles. The van der Waals surface area contributed by atoms with Crippen LogP contribution < -0.4 is 21.1 Å². The molecule has 0 aromatic heterocycles. The summed E-state index contributed by atoms with van der Waals surface area (Å²) < 4.78 is 5.33. The maximum absolute atomic E-state index is 11.3. The smallest absolute Gasteiger partial charge is 0.262 e. The number of anilines is 2. The number of amides is 1. The van der Waals surface area contributed by atoms with Gasteiger partial charge in [-0.15, -0.1) is 0 Å². The van der Waals surface area contributed by atoms with Gasteiger partial charge >= 0.3 is 0 Å². The van der Waals surface area contributed by atoms with E-state index in [1.54, 1.807) is 0 Å². The molecule has 1 aliphatic carbocycles. The van der Waals surface area contributed by atoms with Gasteiger partial charge in [-0.3, -0.25) is 4.79 Å². The highest BCUT2D eigenvalue weighted by atomic mass is 16.5.